The zero-order chi connectivity index (χ0) is 16.2. The molecule has 3 heteroatoms. The number of rotatable bonds is 4. The summed E-state index contributed by atoms with van der Waals surface area (Å²) >= 11 is 0. The summed E-state index contributed by atoms with van der Waals surface area (Å²) in [7, 11) is 0. The molecule has 3 rings (SSSR count). The first-order valence-corrected chi connectivity index (χ1v) is 8.32. The van der Waals surface area contributed by atoms with Crippen LogP contribution in [0.3, 0.4) is 0 Å². The molecule has 3 nitrogen and oxygen atoms in total. The number of hydrogen-bond acceptors (Lipinski definition) is 2. The van der Waals surface area contributed by atoms with Gasteiger partial charge in [-0.3, -0.25) is 4.79 Å². The van der Waals surface area contributed by atoms with Gasteiger partial charge in [0.05, 0.1) is 12.6 Å². The first-order chi connectivity index (χ1) is 11.1. The minimum atomic E-state index is 0.0333. The molecule has 1 N–H and O–H groups in total. The molecule has 0 saturated carbocycles. The molecule has 2 aromatic carbocycles. The van der Waals surface area contributed by atoms with E-state index in [9.17, 15) is 4.79 Å². The van der Waals surface area contributed by atoms with Crippen LogP contribution in [0.4, 0.5) is 5.69 Å². The van der Waals surface area contributed by atoms with Gasteiger partial charge in [0, 0.05) is 12.2 Å². The van der Waals surface area contributed by atoms with Crippen molar-refractivity contribution in [2.75, 3.05) is 18.0 Å². The second-order valence-corrected chi connectivity index (χ2v) is 6.36. The topological polar surface area (TPSA) is 32.3 Å². The predicted molar refractivity (Wildman–Crippen MR) is 94.7 cm³/mol. The Kier molecular flexibility index (Phi) is 4.65. The minimum Gasteiger partial charge on any atom is -0.362 e. The van der Waals surface area contributed by atoms with Gasteiger partial charge in [-0.25, -0.2) is 0 Å². The Morgan fingerprint density at radius 1 is 1.22 bits per heavy atom. The number of amides is 1. The van der Waals surface area contributed by atoms with Gasteiger partial charge in [0.2, 0.25) is 5.91 Å². The molecule has 1 heterocycles. The SMILES string of the molecule is Cc1ccc2c(c1)CCCN2CC(=O)NC(C)c1ccccc1. The number of anilines is 1. The van der Waals surface area contributed by atoms with Crippen LogP contribution in [0.5, 0.6) is 0 Å². The lowest BCUT2D eigenvalue weighted by Crippen LogP contribution is -2.40. The van der Waals surface area contributed by atoms with Crippen molar-refractivity contribution in [2.24, 2.45) is 0 Å². The van der Waals surface area contributed by atoms with Gasteiger partial charge in [-0.2, -0.15) is 0 Å². The fraction of sp³-hybridized carbons (Fsp3) is 0.350. The Bertz CT molecular complexity index is 681. The molecule has 0 fully saturated rings. The van der Waals surface area contributed by atoms with E-state index < -0.39 is 0 Å². The standard InChI is InChI=1S/C20H24N2O/c1-15-10-11-19-18(13-15)9-6-12-22(19)14-20(23)21-16(2)17-7-4-3-5-8-17/h3-5,7-8,10-11,13,16H,6,9,12,14H2,1-2H3,(H,21,23). The van der Waals surface area contributed by atoms with Gasteiger partial charge in [0.25, 0.3) is 0 Å². The van der Waals surface area contributed by atoms with Crippen molar-refractivity contribution in [2.45, 2.75) is 32.7 Å². The van der Waals surface area contributed by atoms with Crippen LogP contribution >= 0.6 is 0 Å². The highest BCUT2D eigenvalue weighted by Gasteiger charge is 2.20. The van der Waals surface area contributed by atoms with Crippen LogP contribution in [0.2, 0.25) is 0 Å². The van der Waals surface area contributed by atoms with E-state index in [1.165, 1.54) is 16.8 Å². The van der Waals surface area contributed by atoms with Crippen molar-refractivity contribution in [1.82, 2.24) is 5.32 Å². The van der Waals surface area contributed by atoms with Gasteiger partial charge < -0.3 is 10.2 Å². The smallest absolute Gasteiger partial charge is 0.239 e. The largest absolute Gasteiger partial charge is 0.362 e. The fourth-order valence-electron chi connectivity index (χ4n) is 3.25. The second kappa shape index (κ2) is 6.86. The Morgan fingerprint density at radius 3 is 2.78 bits per heavy atom. The molecule has 1 atom stereocenters. The zero-order valence-electron chi connectivity index (χ0n) is 13.9. The molecular formula is C20H24N2O. The van der Waals surface area contributed by atoms with Gasteiger partial charge in [0.1, 0.15) is 0 Å². The third-order valence-corrected chi connectivity index (χ3v) is 4.46. The molecule has 0 aliphatic carbocycles. The summed E-state index contributed by atoms with van der Waals surface area (Å²) in [5.74, 6) is 0.0785. The van der Waals surface area contributed by atoms with Crippen molar-refractivity contribution in [3.05, 3.63) is 65.2 Å². The molecule has 1 unspecified atom stereocenters. The Morgan fingerprint density at radius 2 is 2.00 bits per heavy atom. The summed E-state index contributed by atoms with van der Waals surface area (Å²) in [6.45, 7) is 5.52. The molecule has 0 radical (unpaired) electrons. The number of nitrogens with one attached hydrogen (secondary N) is 1. The molecule has 23 heavy (non-hydrogen) atoms. The summed E-state index contributed by atoms with van der Waals surface area (Å²) in [5, 5.41) is 3.11. The fourth-order valence-corrected chi connectivity index (χ4v) is 3.25. The van der Waals surface area contributed by atoms with Crippen LogP contribution in [-0.2, 0) is 11.2 Å². The van der Waals surface area contributed by atoms with Crippen LogP contribution in [0, 0.1) is 6.92 Å². The summed E-state index contributed by atoms with van der Waals surface area (Å²) in [6, 6.07) is 16.6. The maximum atomic E-state index is 12.4. The van der Waals surface area contributed by atoms with Crippen LogP contribution in [-0.4, -0.2) is 19.0 Å². The molecule has 0 saturated heterocycles. The van der Waals surface area contributed by atoms with Crippen LogP contribution < -0.4 is 10.2 Å². The van der Waals surface area contributed by atoms with Crippen molar-refractivity contribution in [1.29, 1.82) is 0 Å². The van der Waals surface area contributed by atoms with E-state index in [-0.39, 0.29) is 11.9 Å². The lowest BCUT2D eigenvalue weighted by molar-refractivity contribution is -0.120. The van der Waals surface area contributed by atoms with Crippen molar-refractivity contribution in [3.63, 3.8) is 0 Å². The highest BCUT2D eigenvalue weighted by molar-refractivity contribution is 5.82. The van der Waals surface area contributed by atoms with Crippen LogP contribution in [0.1, 0.15) is 36.1 Å². The van der Waals surface area contributed by atoms with E-state index in [1.807, 2.05) is 37.3 Å². The number of fused-ring (bicyclic) bond motifs is 1. The van der Waals surface area contributed by atoms with Gasteiger partial charge >= 0.3 is 0 Å². The number of nitrogens with zero attached hydrogens (tertiary/aromatic N) is 1. The Balaban J connectivity index is 1.65. The average Bonchev–Trinajstić information content (AvgIpc) is 2.55. The highest BCUT2D eigenvalue weighted by Crippen LogP contribution is 2.27. The summed E-state index contributed by atoms with van der Waals surface area (Å²) in [6.07, 6.45) is 2.22. The zero-order valence-corrected chi connectivity index (χ0v) is 13.9. The second-order valence-electron chi connectivity index (χ2n) is 6.36. The van der Waals surface area contributed by atoms with Gasteiger partial charge in [-0.15, -0.1) is 0 Å². The third-order valence-electron chi connectivity index (χ3n) is 4.46. The number of hydrogen-bond donors (Lipinski definition) is 1. The predicted octanol–water partition coefficient (Wildman–Crippen LogP) is 3.63. The van der Waals surface area contributed by atoms with E-state index in [0.717, 1.165) is 24.9 Å². The van der Waals surface area contributed by atoms with Crippen molar-refractivity contribution < 1.29 is 4.79 Å². The van der Waals surface area contributed by atoms with E-state index in [4.69, 9.17) is 0 Å². The van der Waals surface area contributed by atoms with E-state index in [0.29, 0.717) is 6.54 Å². The number of carbonyl (C=O) groups is 1. The Labute approximate surface area is 138 Å². The molecule has 1 aliphatic rings. The summed E-state index contributed by atoms with van der Waals surface area (Å²) < 4.78 is 0. The Hall–Kier alpha value is -2.29. The quantitative estimate of drug-likeness (QED) is 0.935. The molecule has 1 aliphatic heterocycles. The van der Waals surface area contributed by atoms with Crippen LogP contribution in [0.15, 0.2) is 48.5 Å². The molecule has 0 bridgehead atoms. The molecule has 1 amide bonds. The molecule has 0 aromatic heterocycles. The van der Waals surface area contributed by atoms with E-state index >= 15 is 0 Å². The summed E-state index contributed by atoms with van der Waals surface area (Å²) in [5.41, 5.74) is 4.99. The van der Waals surface area contributed by atoms with Crippen molar-refractivity contribution >= 4 is 11.6 Å². The lowest BCUT2D eigenvalue weighted by Gasteiger charge is -2.31. The first-order valence-electron chi connectivity index (χ1n) is 8.32. The molecule has 2 aromatic rings. The normalized spacial score (nSPS) is 15.0. The number of aryl methyl sites for hydroxylation is 2. The van der Waals surface area contributed by atoms with Gasteiger partial charge in [0.15, 0.2) is 0 Å². The maximum Gasteiger partial charge on any atom is 0.239 e. The van der Waals surface area contributed by atoms with E-state index in [2.05, 4.69) is 35.3 Å². The number of benzene rings is 2. The minimum absolute atomic E-state index is 0.0333. The third kappa shape index (κ3) is 3.73. The van der Waals surface area contributed by atoms with Gasteiger partial charge in [-0.1, -0.05) is 48.0 Å². The monoisotopic (exact) mass is 308 g/mol. The number of carbonyl (C=O) groups excluding carboxylic acids is 1. The molecular weight excluding hydrogens is 284 g/mol. The average molecular weight is 308 g/mol. The van der Waals surface area contributed by atoms with Crippen molar-refractivity contribution in [3.8, 4) is 0 Å². The highest BCUT2D eigenvalue weighted by atomic mass is 16.2. The molecule has 0 spiro atoms. The maximum absolute atomic E-state index is 12.4. The molecule has 120 valence electrons. The lowest BCUT2D eigenvalue weighted by atomic mass is 9.99. The first kappa shape index (κ1) is 15.6. The summed E-state index contributed by atoms with van der Waals surface area (Å²) in [4.78, 5) is 14.6. The van der Waals surface area contributed by atoms with Crippen LogP contribution in [0.25, 0.3) is 0 Å². The van der Waals surface area contributed by atoms with Gasteiger partial charge in [-0.05, 0) is 43.9 Å². The van der Waals surface area contributed by atoms with E-state index in [1.54, 1.807) is 0 Å².